The first-order valence-electron chi connectivity index (χ1n) is 6.44. The molecule has 1 amide bonds. The fourth-order valence-electron chi connectivity index (χ4n) is 2.09. The summed E-state index contributed by atoms with van der Waals surface area (Å²) in [4.78, 5) is 22.2. The number of nitrogens with two attached hydrogens (primary N) is 1. The first-order chi connectivity index (χ1) is 9.99. The Morgan fingerprint density at radius 2 is 1.90 bits per heavy atom. The molecule has 0 unspecified atom stereocenters. The van der Waals surface area contributed by atoms with Gasteiger partial charge in [0.25, 0.3) is 0 Å². The van der Waals surface area contributed by atoms with Crippen LogP contribution in [0.15, 0.2) is 42.5 Å². The van der Waals surface area contributed by atoms with E-state index in [9.17, 15) is 9.59 Å². The summed E-state index contributed by atoms with van der Waals surface area (Å²) in [6.45, 7) is 2.23. The van der Waals surface area contributed by atoms with E-state index in [0.717, 1.165) is 11.3 Å². The van der Waals surface area contributed by atoms with E-state index in [0.29, 0.717) is 17.7 Å². The van der Waals surface area contributed by atoms with Crippen LogP contribution in [0.5, 0.6) is 0 Å². The van der Waals surface area contributed by atoms with Crippen molar-refractivity contribution in [3.63, 3.8) is 0 Å². The molecule has 0 aromatic heterocycles. The summed E-state index contributed by atoms with van der Waals surface area (Å²) >= 11 is 0. The molecule has 5 heteroatoms. The lowest BCUT2D eigenvalue weighted by molar-refractivity contribution is 0.0696. The highest BCUT2D eigenvalue weighted by Gasteiger charge is 2.09. The minimum atomic E-state index is -0.952. The van der Waals surface area contributed by atoms with Gasteiger partial charge in [-0.25, -0.2) is 4.79 Å². The highest BCUT2D eigenvalue weighted by atomic mass is 16.4. The van der Waals surface area contributed by atoms with E-state index in [4.69, 9.17) is 10.8 Å². The maximum atomic E-state index is 11.1. The van der Waals surface area contributed by atoms with Crippen LogP contribution >= 0.6 is 0 Å². The molecule has 5 nitrogen and oxygen atoms in total. The van der Waals surface area contributed by atoms with Gasteiger partial charge < -0.3 is 16.2 Å². The maximum Gasteiger partial charge on any atom is 0.336 e. The van der Waals surface area contributed by atoms with Crippen molar-refractivity contribution in [3.05, 3.63) is 64.7 Å². The molecule has 0 fully saturated rings. The summed E-state index contributed by atoms with van der Waals surface area (Å²) in [5.74, 6) is -1.42. The number of anilines is 1. The molecule has 0 spiro atoms. The molecule has 0 bridgehead atoms. The number of amides is 1. The molecule has 0 saturated carbocycles. The number of hydrogen-bond donors (Lipinski definition) is 3. The number of carboxylic acid groups (broad SMARTS) is 1. The Morgan fingerprint density at radius 3 is 2.57 bits per heavy atom. The quantitative estimate of drug-likeness (QED) is 0.786. The molecule has 0 atom stereocenters. The van der Waals surface area contributed by atoms with E-state index in [-0.39, 0.29) is 5.56 Å². The zero-order chi connectivity index (χ0) is 15.4. The van der Waals surface area contributed by atoms with Gasteiger partial charge in [-0.05, 0) is 42.3 Å². The van der Waals surface area contributed by atoms with Crippen LogP contribution in [-0.2, 0) is 6.54 Å². The van der Waals surface area contributed by atoms with Gasteiger partial charge >= 0.3 is 5.97 Å². The molecule has 0 aliphatic heterocycles. The molecule has 2 aromatic rings. The highest BCUT2D eigenvalue weighted by Crippen LogP contribution is 2.20. The Bertz CT molecular complexity index is 696. The van der Waals surface area contributed by atoms with Gasteiger partial charge in [0.2, 0.25) is 5.91 Å². The fraction of sp³-hybridized carbons (Fsp3) is 0.125. The third-order valence-electron chi connectivity index (χ3n) is 3.26. The SMILES string of the molecule is Cc1c(NCc2cccc(C(N)=O)c2)cccc1C(=O)O. The Morgan fingerprint density at radius 1 is 1.19 bits per heavy atom. The average molecular weight is 284 g/mol. The Balaban J connectivity index is 2.17. The molecule has 0 aliphatic rings. The van der Waals surface area contributed by atoms with Crippen molar-refractivity contribution in [1.29, 1.82) is 0 Å². The lowest BCUT2D eigenvalue weighted by atomic mass is 10.1. The number of nitrogens with one attached hydrogen (secondary N) is 1. The standard InChI is InChI=1S/C16H16N2O3/c1-10-13(16(20)21)6-3-7-14(10)18-9-11-4-2-5-12(8-11)15(17)19/h2-8,18H,9H2,1H3,(H2,17,19)(H,20,21). The minimum absolute atomic E-state index is 0.269. The van der Waals surface area contributed by atoms with E-state index < -0.39 is 11.9 Å². The van der Waals surface area contributed by atoms with Crippen molar-refractivity contribution in [2.75, 3.05) is 5.32 Å². The molecule has 0 saturated heterocycles. The van der Waals surface area contributed by atoms with Crippen LogP contribution in [0.3, 0.4) is 0 Å². The third kappa shape index (κ3) is 3.39. The number of carbonyl (C=O) groups excluding carboxylic acids is 1. The van der Waals surface area contributed by atoms with Crippen molar-refractivity contribution < 1.29 is 14.7 Å². The fourth-order valence-corrected chi connectivity index (χ4v) is 2.09. The third-order valence-corrected chi connectivity index (χ3v) is 3.26. The molecule has 0 heterocycles. The molecule has 21 heavy (non-hydrogen) atoms. The maximum absolute atomic E-state index is 11.1. The Kier molecular flexibility index (Phi) is 4.23. The van der Waals surface area contributed by atoms with Crippen molar-refractivity contribution in [2.24, 2.45) is 5.73 Å². The van der Waals surface area contributed by atoms with E-state index in [1.807, 2.05) is 12.1 Å². The lowest BCUT2D eigenvalue weighted by Gasteiger charge is -2.12. The van der Waals surface area contributed by atoms with Crippen LogP contribution < -0.4 is 11.1 Å². The van der Waals surface area contributed by atoms with Gasteiger partial charge in [-0.2, -0.15) is 0 Å². The van der Waals surface area contributed by atoms with E-state index in [2.05, 4.69) is 5.32 Å². The molecule has 2 aromatic carbocycles. The molecular formula is C16H16N2O3. The van der Waals surface area contributed by atoms with E-state index in [1.54, 1.807) is 37.3 Å². The minimum Gasteiger partial charge on any atom is -0.478 e. The number of carboxylic acids is 1. The summed E-state index contributed by atoms with van der Waals surface area (Å²) in [6.07, 6.45) is 0. The number of carbonyl (C=O) groups is 2. The Hall–Kier alpha value is -2.82. The van der Waals surface area contributed by atoms with Crippen LogP contribution in [0.25, 0.3) is 0 Å². The smallest absolute Gasteiger partial charge is 0.336 e. The molecule has 2 rings (SSSR count). The van der Waals surface area contributed by atoms with Gasteiger partial charge in [0.1, 0.15) is 0 Å². The van der Waals surface area contributed by atoms with Crippen molar-refractivity contribution in [3.8, 4) is 0 Å². The predicted octanol–water partition coefficient (Wildman–Crippen LogP) is 2.40. The van der Waals surface area contributed by atoms with Crippen LogP contribution in [0.1, 0.15) is 31.8 Å². The van der Waals surface area contributed by atoms with Gasteiger partial charge in [-0.15, -0.1) is 0 Å². The molecule has 0 aliphatic carbocycles. The second kappa shape index (κ2) is 6.09. The van der Waals surface area contributed by atoms with E-state index in [1.165, 1.54) is 0 Å². The zero-order valence-corrected chi connectivity index (χ0v) is 11.6. The summed E-state index contributed by atoms with van der Waals surface area (Å²) in [6, 6.07) is 12.1. The van der Waals surface area contributed by atoms with Gasteiger partial charge in [-0.1, -0.05) is 18.2 Å². The summed E-state index contributed by atoms with van der Waals surface area (Å²) < 4.78 is 0. The van der Waals surface area contributed by atoms with Crippen molar-refractivity contribution >= 4 is 17.6 Å². The molecule has 0 radical (unpaired) electrons. The van der Waals surface area contributed by atoms with Crippen LogP contribution in [0.4, 0.5) is 5.69 Å². The summed E-state index contributed by atoms with van der Waals surface area (Å²) in [5, 5.41) is 12.3. The highest BCUT2D eigenvalue weighted by molar-refractivity contribution is 5.93. The second-order valence-corrected chi connectivity index (χ2v) is 4.70. The van der Waals surface area contributed by atoms with Gasteiger partial charge in [0.15, 0.2) is 0 Å². The topological polar surface area (TPSA) is 92.4 Å². The van der Waals surface area contributed by atoms with Gasteiger partial charge in [-0.3, -0.25) is 4.79 Å². The number of aromatic carboxylic acids is 1. The van der Waals surface area contributed by atoms with E-state index >= 15 is 0 Å². The van der Waals surface area contributed by atoms with Crippen LogP contribution in [-0.4, -0.2) is 17.0 Å². The van der Waals surface area contributed by atoms with Crippen LogP contribution in [0.2, 0.25) is 0 Å². The van der Waals surface area contributed by atoms with Crippen molar-refractivity contribution in [2.45, 2.75) is 13.5 Å². The number of benzene rings is 2. The predicted molar refractivity (Wildman–Crippen MR) is 80.4 cm³/mol. The largest absolute Gasteiger partial charge is 0.478 e. The summed E-state index contributed by atoms with van der Waals surface area (Å²) in [5.41, 5.74) is 8.28. The second-order valence-electron chi connectivity index (χ2n) is 4.70. The monoisotopic (exact) mass is 284 g/mol. The number of primary amides is 1. The molecular weight excluding hydrogens is 268 g/mol. The number of rotatable bonds is 5. The van der Waals surface area contributed by atoms with Crippen LogP contribution in [0, 0.1) is 6.92 Å². The van der Waals surface area contributed by atoms with Gasteiger partial charge in [0, 0.05) is 17.8 Å². The van der Waals surface area contributed by atoms with Gasteiger partial charge in [0.05, 0.1) is 5.56 Å². The zero-order valence-electron chi connectivity index (χ0n) is 11.6. The summed E-state index contributed by atoms with van der Waals surface area (Å²) in [7, 11) is 0. The number of hydrogen-bond acceptors (Lipinski definition) is 3. The van der Waals surface area contributed by atoms with Crippen molar-refractivity contribution in [1.82, 2.24) is 0 Å². The first-order valence-corrected chi connectivity index (χ1v) is 6.44. The first kappa shape index (κ1) is 14.6. The average Bonchev–Trinajstić information content (AvgIpc) is 2.46. The normalized spacial score (nSPS) is 10.1. The lowest BCUT2D eigenvalue weighted by Crippen LogP contribution is -2.11. The molecule has 108 valence electrons. The Labute approximate surface area is 122 Å². The molecule has 4 N–H and O–H groups in total.